The summed E-state index contributed by atoms with van der Waals surface area (Å²) in [6, 6.07) is 5.32. The molecule has 0 radical (unpaired) electrons. The molecule has 116 valence electrons. The number of halogens is 3. The lowest BCUT2D eigenvalue weighted by atomic mass is 10.2. The Balaban J connectivity index is 2.40. The Morgan fingerprint density at radius 2 is 1.73 bits per heavy atom. The van der Waals surface area contributed by atoms with Gasteiger partial charge in [-0.1, -0.05) is 11.6 Å². The van der Waals surface area contributed by atoms with Gasteiger partial charge in [0.2, 0.25) is 0 Å². The van der Waals surface area contributed by atoms with E-state index in [4.69, 9.17) is 11.6 Å². The van der Waals surface area contributed by atoms with Crippen molar-refractivity contribution in [2.24, 2.45) is 0 Å². The van der Waals surface area contributed by atoms with Crippen molar-refractivity contribution in [3.8, 4) is 0 Å². The molecule has 0 unspecified atom stereocenters. The van der Waals surface area contributed by atoms with E-state index in [2.05, 4.69) is 4.72 Å². The highest BCUT2D eigenvalue weighted by Crippen LogP contribution is 2.23. The molecule has 0 bridgehead atoms. The van der Waals surface area contributed by atoms with Crippen molar-refractivity contribution >= 4 is 33.3 Å². The van der Waals surface area contributed by atoms with Gasteiger partial charge in [-0.25, -0.2) is 17.2 Å². The number of carboxylic acid groups (broad SMARTS) is 1. The Labute approximate surface area is 129 Å². The first-order valence-corrected chi connectivity index (χ1v) is 7.55. The molecular weight excluding hydrogens is 340 g/mol. The first-order chi connectivity index (χ1) is 10.2. The van der Waals surface area contributed by atoms with Crippen molar-refractivity contribution in [1.82, 2.24) is 0 Å². The number of carboxylic acids is 1. The average molecular weight is 347 g/mol. The van der Waals surface area contributed by atoms with Crippen LogP contribution in [0, 0.1) is 11.6 Å². The van der Waals surface area contributed by atoms with E-state index < -0.39 is 38.1 Å². The molecule has 2 aromatic rings. The van der Waals surface area contributed by atoms with Crippen LogP contribution in [-0.2, 0) is 10.0 Å². The average Bonchev–Trinajstić information content (AvgIpc) is 2.42. The quantitative estimate of drug-likeness (QED) is 0.914. The van der Waals surface area contributed by atoms with Crippen molar-refractivity contribution in [3.63, 3.8) is 0 Å². The van der Waals surface area contributed by atoms with E-state index >= 15 is 0 Å². The second-order valence-corrected chi connectivity index (χ2v) is 6.25. The smallest absolute Gasteiger partial charge is 0.261 e. The zero-order valence-electron chi connectivity index (χ0n) is 10.6. The number of nitrogens with one attached hydrogen (secondary N) is 1. The maximum atomic E-state index is 13.2. The minimum absolute atomic E-state index is 0.0364. The standard InChI is InChI=1S/C13H8ClF2NO4S/c14-10-5-7(1-3-12(10)16)17-22(20,21)8-2-4-11(15)9(6-8)13(18)19/h1-6,17H,(H,18,19)/p-1. The maximum absolute atomic E-state index is 13.2. The highest BCUT2D eigenvalue weighted by molar-refractivity contribution is 7.92. The fourth-order valence-electron chi connectivity index (χ4n) is 1.60. The van der Waals surface area contributed by atoms with E-state index in [0.29, 0.717) is 12.1 Å². The van der Waals surface area contributed by atoms with Gasteiger partial charge < -0.3 is 9.90 Å². The summed E-state index contributed by atoms with van der Waals surface area (Å²) in [4.78, 5) is 10.2. The summed E-state index contributed by atoms with van der Waals surface area (Å²) in [7, 11) is -4.20. The van der Waals surface area contributed by atoms with Crippen LogP contribution in [0.2, 0.25) is 5.02 Å². The monoisotopic (exact) mass is 346 g/mol. The third-order valence-electron chi connectivity index (χ3n) is 2.64. The number of carbonyl (C=O) groups is 1. The molecule has 0 aromatic heterocycles. The van der Waals surface area contributed by atoms with Crippen LogP contribution in [0.4, 0.5) is 14.5 Å². The molecule has 0 spiro atoms. The van der Waals surface area contributed by atoms with E-state index in [0.717, 1.165) is 24.3 Å². The Kier molecular flexibility index (Phi) is 4.34. The molecule has 0 saturated heterocycles. The van der Waals surface area contributed by atoms with Crippen molar-refractivity contribution < 1.29 is 27.1 Å². The van der Waals surface area contributed by atoms with Crippen LogP contribution in [-0.4, -0.2) is 14.4 Å². The molecule has 0 heterocycles. The molecule has 0 aliphatic rings. The van der Waals surface area contributed by atoms with E-state index in [9.17, 15) is 27.1 Å². The Morgan fingerprint density at radius 3 is 2.32 bits per heavy atom. The summed E-state index contributed by atoms with van der Waals surface area (Å²) >= 11 is 5.53. The number of anilines is 1. The van der Waals surface area contributed by atoms with Gasteiger partial charge in [0.15, 0.2) is 0 Å². The van der Waals surface area contributed by atoms with Crippen LogP contribution in [0.25, 0.3) is 0 Å². The summed E-state index contributed by atoms with van der Waals surface area (Å²) in [5.41, 5.74) is -0.925. The number of rotatable bonds is 4. The summed E-state index contributed by atoms with van der Waals surface area (Å²) in [6.45, 7) is 0. The molecule has 5 nitrogen and oxygen atoms in total. The maximum Gasteiger partial charge on any atom is 0.261 e. The number of sulfonamides is 1. The SMILES string of the molecule is O=C([O-])c1cc(S(=O)(=O)Nc2ccc(F)c(Cl)c2)ccc1F. The second kappa shape index (κ2) is 5.90. The minimum atomic E-state index is -4.20. The molecule has 2 rings (SSSR count). The van der Waals surface area contributed by atoms with Gasteiger partial charge in [0, 0.05) is 5.56 Å². The van der Waals surface area contributed by atoms with Gasteiger partial charge in [-0.2, -0.15) is 0 Å². The van der Waals surface area contributed by atoms with Crippen LogP contribution in [0.1, 0.15) is 10.4 Å². The van der Waals surface area contributed by atoms with Gasteiger partial charge in [-0.05, 0) is 36.4 Å². The normalized spacial score (nSPS) is 11.2. The van der Waals surface area contributed by atoms with Crippen LogP contribution in [0.5, 0.6) is 0 Å². The molecule has 0 saturated carbocycles. The molecule has 1 N–H and O–H groups in total. The Bertz CT molecular complexity index is 855. The fraction of sp³-hybridized carbons (Fsp3) is 0. The molecule has 0 aliphatic heterocycles. The van der Waals surface area contributed by atoms with Gasteiger partial charge in [0.1, 0.15) is 11.6 Å². The largest absolute Gasteiger partial charge is 0.545 e. The topological polar surface area (TPSA) is 86.3 Å². The summed E-state index contributed by atoms with van der Waals surface area (Å²) in [5.74, 6) is -3.70. The predicted molar refractivity (Wildman–Crippen MR) is 72.9 cm³/mol. The van der Waals surface area contributed by atoms with Gasteiger partial charge >= 0.3 is 0 Å². The van der Waals surface area contributed by atoms with Crippen LogP contribution in [0.3, 0.4) is 0 Å². The Morgan fingerprint density at radius 1 is 1.09 bits per heavy atom. The number of benzene rings is 2. The lowest BCUT2D eigenvalue weighted by Gasteiger charge is -2.11. The van der Waals surface area contributed by atoms with E-state index in [1.165, 1.54) is 0 Å². The van der Waals surface area contributed by atoms with Crippen LogP contribution < -0.4 is 9.83 Å². The number of hydrogen-bond donors (Lipinski definition) is 1. The summed E-state index contributed by atoms with van der Waals surface area (Å²) in [5, 5.41) is 10.4. The molecule has 2 aromatic carbocycles. The lowest BCUT2D eigenvalue weighted by molar-refractivity contribution is -0.255. The second-order valence-electron chi connectivity index (χ2n) is 4.16. The van der Waals surface area contributed by atoms with E-state index in [1.54, 1.807) is 0 Å². The minimum Gasteiger partial charge on any atom is -0.545 e. The summed E-state index contributed by atoms with van der Waals surface area (Å²) in [6.07, 6.45) is 0. The van der Waals surface area contributed by atoms with Crippen LogP contribution in [0.15, 0.2) is 41.3 Å². The highest BCUT2D eigenvalue weighted by atomic mass is 35.5. The van der Waals surface area contributed by atoms with Crippen molar-refractivity contribution in [1.29, 1.82) is 0 Å². The van der Waals surface area contributed by atoms with Crippen LogP contribution >= 0.6 is 11.6 Å². The fourth-order valence-corrected chi connectivity index (χ4v) is 2.86. The molecule has 0 aliphatic carbocycles. The number of aromatic carboxylic acids is 1. The summed E-state index contributed by atoms with van der Waals surface area (Å²) < 4.78 is 52.5. The van der Waals surface area contributed by atoms with Crippen molar-refractivity contribution in [2.75, 3.05) is 4.72 Å². The molecule has 0 atom stereocenters. The third-order valence-corrected chi connectivity index (χ3v) is 4.31. The zero-order valence-corrected chi connectivity index (χ0v) is 12.2. The predicted octanol–water partition coefficient (Wildman–Crippen LogP) is 1.78. The number of hydrogen-bond acceptors (Lipinski definition) is 4. The molecular formula is C13H7ClF2NO4S-. The van der Waals surface area contributed by atoms with Gasteiger partial charge in [-0.15, -0.1) is 0 Å². The lowest BCUT2D eigenvalue weighted by Crippen LogP contribution is -2.24. The number of carbonyl (C=O) groups excluding carboxylic acids is 1. The molecule has 0 fully saturated rings. The van der Waals surface area contributed by atoms with Crippen molar-refractivity contribution in [2.45, 2.75) is 4.90 Å². The molecule has 22 heavy (non-hydrogen) atoms. The van der Waals surface area contributed by atoms with Gasteiger partial charge in [-0.3, -0.25) is 4.72 Å². The molecule has 9 heteroatoms. The highest BCUT2D eigenvalue weighted by Gasteiger charge is 2.17. The Hall–Kier alpha value is -2.19. The van der Waals surface area contributed by atoms with E-state index in [-0.39, 0.29) is 10.7 Å². The first-order valence-electron chi connectivity index (χ1n) is 5.69. The van der Waals surface area contributed by atoms with E-state index in [1.807, 2.05) is 0 Å². The molecule has 0 amide bonds. The third kappa shape index (κ3) is 3.34. The van der Waals surface area contributed by atoms with Crippen molar-refractivity contribution in [3.05, 3.63) is 58.6 Å². The van der Waals surface area contributed by atoms with Gasteiger partial charge in [0.05, 0.1) is 21.6 Å². The van der Waals surface area contributed by atoms with Gasteiger partial charge in [0.25, 0.3) is 10.0 Å². The first kappa shape index (κ1) is 16.2. The zero-order chi connectivity index (χ0) is 16.5.